The lowest BCUT2D eigenvalue weighted by atomic mass is 9.76. The Balaban J connectivity index is 2.07. The zero-order chi connectivity index (χ0) is 11.9. The van der Waals surface area contributed by atoms with Crippen LogP contribution in [0.2, 0.25) is 0 Å². The van der Waals surface area contributed by atoms with Gasteiger partial charge in [0, 0.05) is 23.2 Å². The number of hydrogen-bond acceptors (Lipinski definition) is 1. The van der Waals surface area contributed by atoms with Crippen LogP contribution in [-0.2, 0) is 0 Å². The lowest BCUT2D eigenvalue weighted by Gasteiger charge is -2.47. The molecule has 0 aliphatic carbocycles. The summed E-state index contributed by atoms with van der Waals surface area (Å²) in [6.07, 6.45) is 0. The van der Waals surface area contributed by atoms with Crippen molar-refractivity contribution in [3.8, 4) is 0 Å². The van der Waals surface area contributed by atoms with Gasteiger partial charge in [-0.05, 0) is 42.0 Å². The van der Waals surface area contributed by atoms with E-state index < -0.39 is 0 Å². The third-order valence-corrected chi connectivity index (χ3v) is 3.96. The third-order valence-electron chi connectivity index (χ3n) is 3.50. The molecule has 0 N–H and O–H groups in total. The van der Waals surface area contributed by atoms with E-state index >= 15 is 0 Å². The van der Waals surface area contributed by atoms with Crippen LogP contribution in [-0.4, -0.2) is 13.1 Å². The average molecular weight is 282 g/mol. The summed E-state index contributed by atoms with van der Waals surface area (Å²) in [6.45, 7) is 11.5. The second kappa shape index (κ2) is 4.06. The highest BCUT2D eigenvalue weighted by Gasteiger charge is 2.35. The molecular weight excluding hydrogens is 262 g/mol. The van der Waals surface area contributed by atoms with Gasteiger partial charge in [-0.25, -0.2) is 0 Å². The lowest BCUT2D eigenvalue weighted by Crippen LogP contribution is -2.52. The summed E-state index contributed by atoms with van der Waals surface area (Å²) in [5.74, 6) is 0.826. The lowest BCUT2D eigenvalue weighted by molar-refractivity contribution is 0.195. The summed E-state index contributed by atoms with van der Waals surface area (Å²) in [6, 6.07) is 6.64. The highest BCUT2D eigenvalue weighted by molar-refractivity contribution is 9.10. The van der Waals surface area contributed by atoms with E-state index in [4.69, 9.17) is 0 Å². The zero-order valence-corrected chi connectivity index (χ0v) is 12.1. The SMILES string of the molecule is Cc1cc(Br)cc(N2CC(C(C)(C)C)C2)c1. The van der Waals surface area contributed by atoms with Gasteiger partial charge in [-0.15, -0.1) is 0 Å². The Morgan fingerprint density at radius 2 is 1.81 bits per heavy atom. The van der Waals surface area contributed by atoms with Crippen LogP contribution in [0.3, 0.4) is 0 Å². The summed E-state index contributed by atoms with van der Waals surface area (Å²) in [4.78, 5) is 2.47. The van der Waals surface area contributed by atoms with Crippen LogP contribution in [0.25, 0.3) is 0 Å². The van der Waals surface area contributed by atoms with Crippen LogP contribution in [0.4, 0.5) is 5.69 Å². The smallest absolute Gasteiger partial charge is 0.0380 e. The van der Waals surface area contributed by atoms with Gasteiger partial charge in [0.05, 0.1) is 0 Å². The van der Waals surface area contributed by atoms with Gasteiger partial charge in [-0.1, -0.05) is 36.7 Å². The van der Waals surface area contributed by atoms with Crippen molar-refractivity contribution >= 4 is 21.6 Å². The minimum atomic E-state index is 0.442. The number of rotatable bonds is 1. The molecule has 0 amide bonds. The Morgan fingerprint density at radius 3 is 2.31 bits per heavy atom. The Labute approximate surface area is 107 Å². The minimum Gasteiger partial charge on any atom is -0.371 e. The molecule has 2 heteroatoms. The largest absolute Gasteiger partial charge is 0.371 e. The molecular formula is C14H20BrN. The van der Waals surface area contributed by atoms with E-state index in [1.54, 1.807) is 0 Å². The molecule has 0 radical (unpaired) electrons. The molecule has 1 nitrogen and oxygen atoms in total. The number of hydrogen-bond donors (Lipinski definition) is 0. The highest BCUT2D eigenvalue weighted by Crippen LogP contribution is 2.37. The number of anilines is 1. The molecule has 0 aromatic heterocycles. The predicted octanol–water partition coefficient (Wildman–Crippen LogP) is 4.24. The maximum atomic E-state index is 3.56. The first-order chi connectivity index (χ1) is 7.36. The summed E-state index contributed by atoms with van der Waals surface area (Å²) >= 11 is 3.56. The van der Waals surface area contributed by atoms with Gasteiger partial charge < -0.3 is 4.90 Å². The average Bonchev–Trinajstić information content (AvgIpc) is 1.94. The molecule has 0 saturated carbocycles. The Morgan fingerprint density at radius 1 is 1.19 bits per heavy atom. The first-order valence-corrected chi connectivity index (χ1v) is 6.68. The van der Waals surface area contributed by atoms with Crippen molar-refractivity contribution in [2.75, 3.05) is 18.0 Å². The van der Waals surface area contributed by atoms with Gasteiger partial charge in [0.15, 0.2) is 0 Å². The summed E-state index contributed by atoms with van der Waals surface area (Å²) in [5.41, 5.74) is 3.12. The number of aryl methyl sites for hydroxylation is 1. The van der Waals surface area contributed by atoms with Crippen LogP contribution in [0, 0.1) is 18.3 Å². The van der Waals surface area contributed by atoms with Crippen LogP contribution < -0.4 is 4.90 Å². The minimum absolute atomic E-state index is 0.442. The molecule has 1 aliphatic rings. The van der Waals surface area contributed by atoms with E-state index in [9.17, 15) is 0 Å². The topological polar surface area (TPSA) is 3.24 Å². The molecule has 1 fully saturated rings. The molecule has 16 heavy (non-hydrogen) atoms. The standard InChI is InChI=1S/C14H20BrN/c1-10-5-12(15)7-13(6-10)16-8-11(9-16)14(2,3)4/h5-7,11H,8-9H2,1-4H3. The second-order valence-electron chi connectivity index (χ2n) is 5.95. The van der Waals surface area contributed by atoms with Crippen molar-refractivity contribution in [2.24, 2.45) is 11.3 Å². The monoisotopic (exact) mass is 281 g/mol. The van der Waals surface area contributed by atoms with E-state index in [1.165, 1.54) is 28.8 Å². The molecule has 0 bridgehead atoms. The van der Waals surface area contributed by atoms with Crippen molar-refractivity contribution < 1.29 is 0 Å². The fraction of sp³-hybridized carbons (Fsp3) is 0.571. The molecule has 1 aromatic carbocycles. The van der Waals surface area contributed by atoms with Crippen molar-refractivity contribution in [3.63, 3.8) is 0 Å². The number of benzene rings is 1. The predicted molar refractivity (Wildman–Crippen MR) is 74.0 cm³/mol. The van der Waals surface area contributed by atoms with Crippen molar-refractivity contribution in [2.45, 2.75) is 27.7 Å². The molecule has 1 saturated heterocycles. The van der Waals surface area contributed by atoms with Crippen LogP contribution in [0.15, 0.2) is 22.7 Å². The van der Waals surface area contributed by atoms with Gasteiger partial charge in [0.1, 0.15) is 0 Å². The maximum absolute atomic E-state index is 3.56. The van der Waals surface area contributed by atoms with Gasteiger partial charge in [0.25, 0.3) is 0 Å². The second-order valence-corrected chi connectivity index (χ2v) is 6.87. The molecule has 0 spiro atoms. The first kappa shape index (κ1) is 12.0. The molecule has 0 unspecified atom stereocenters. The summed E-state index contributed by atoms with van der Waals surface area (Å²) in [5, 5.41) is 0. The van der Waals surface area contributed by atoms with Crippen molar-refractivity contribution in [1.29, 1.82) is 0 Å². The molecule has 2 rings (SSSR count). The van der Waals surface area contributed by atoms with E-state index in [1.807, 2.05) is 0 Å². The van der Waals surface area contributed by atoms with E-state index in [0.29, 0.717) is 5.41 Å². The van der Waals surface area contributed by atoms with Gasteiger partial charge >= 0.3 is 0 Å². The van der Waals surface area contributed by atoms with Gasteiger partial charge in [-0.3, -0.25) is 0 Å². The Kier molecular flexibility index (Phi) is 3.04. The quantitative estimate of drug-likeness (QED) is 0.744. The van der Waals surface area contributed by atoms with Gasteiger partial charge in [0.2, 0.25) is 0 Å². The fourth-order valence-electron chi connectivity index (χ4n) is 2.14. The molecule has 1 aromatic rings. The van der Waals surface area contributed by atoms with Crippen LogP contribution >= 0.6 is 15.9 Å². The third kappa shape index (κ3) is 2.42. The molecule has 0 atom stereocenters. The fourth-order valence-corrected chi connectivity index (χ4v) is 2.73. The van der Waals surface area contributed by atoms with Gasteiger partial charge in [-0.2, -0.15) is 0 Å². The normalized spacial score (nSPS) is 17.4. The molecule has 1 aliphatic heterocycles. The van der Waals surface area contributed by atoms with Crippen molar-refractivity contribution in [3.05, 3.63) is 28.2 Å². The number of nitrogens with zero attached hydrogens (tertiary/aromatic N) is 1. The maximum Gasteiger partial charge on any atom is 0.0380 e. The summed E-state index contributed by atoms with van der Waals surface area (Å²) < 4.78 is 1.18. The van der Waals surface area contributed by atoms with Crippen molar-refractivity contribution in [1.82, 2.24) is 0 Å². The summed E-state index contributed by atoms with van der Waals surface area (Å²) in [7, 11) is 0. The van der Waals surface area contributed by atoms with E-state index in [-0.39, 0.29) is 0 Å². The zero-order valence-electron chi connectivity index (χ0n) is 10.5. The molecule has 1 heterocycles. The highest BCUT2D eigenvalue weighted by atomic mass is 79.9. The van der Waals surface area contributed by atoms with E-state index in [2.05, 4.69) is 66.7 Å². The Hall–Kier alpha value is -0.500. The van der Waals surface area contributed by atoms with E-state index in [0.717, 1.165) is 5.92 Å². The Bertz CT molecular complexity index is 366. The molecule has 88 valence electrons. The van der Waals surface area contributed by atoms with Crippen LogP contribution in [0.1, 0.15) is 26.3 Å². The van der Waals surface area contributed by atoms with Crippen LogP contribution in [0.5, 0.6) is 0 Å². The number of halogens is 1. The first-order valence-electron chi connectivity index (χ1n) is 5.88.